The van der Waals surface area contributed by atoms with Gasteiger partial charge in [0.25, 0.3) is 6.43 Å². The maximum absolute atomic E-state index is 11.8. The Kier molecular flexibility index (Phi) is 5.56. The molecular formula is C9H14F2N4O3. The summed E-state index contributed by atoms with van der Waals surface area (Å²) in [4.78, 5) is 10.6. The van der Waals surface area contributed by atoms with Gasteiger partial charge in [0.05, 0.1) is 19.1 Å². The van der Waals surface area contributed by atoms with E-state index in [1.54, 1.807) is 6.92 Å². The predicted molar refractivity (Wildman–Crippen MR) is 55.3 cm³/mol. The molecule has 9 heteroatoms. The largest absolute Gasteiger partial charge is 0.481 e. The van der Waals surface area contributed by atoms with E-state index in [1.807, 2.05) is 0 Å². The summed E-state index contributed by atoms with van der Waals surface area (Å²) in [5.41, 5.74) is 0. The number of carboxylic acids is 1. The van der Waals surface area contributed by atoms with E-state index in [2.05, 4.69) is 15.5 Å². The van der Waals surface area contributed by atoms with Crippen LogP contribution in [0.4, 0.5) is 8.78 Å². The van der Waals surface area contributed by atoms with Crippen LogP contribution in [0.2, 0.25) is 0 Å². The number of tetrazole rings is 1. The van der Waals surface area contributed by atoms with Gasteiger partial charge in [-0.3, -0.25) is 4.79 Å². The van der Waals surface area contributed by atoms with Gasteiger partial charge in [-0.25, -0.2) is 13.5 Å². The van der Waals surface area contributed by atoms with Gasteiger partial charge < -0.3 is 9.84 Å². The van der Waals surface area contributed by atoms with Crippen LogP contribution in [0.25, 0.3) is 0 Å². The van der Waals surface area contributed by atoms with Gasteiger partial charge in [0, 0.05) is 6.42 Å². The summed E-state index contributed by atoms with van der Waals surface area (Å²) in [6.07, 6.45) is -2.37. The lowest BCUT2D eigenvalue weighted by Crippen LogP contribution is -2.16. The first kappa shape index (κ1) is 14.4. The van der Waals surface area contributed by atoms with Crippen molar-refractivity contribution in [2.45, 2.75) is 32.2 Å². The van der Waals surface area contributed by atoms with Crippen molar-refractivity contribution in [1.29, 1.82) is 0 Å². The Morgan fingerprint density at radius 1 is 1.56 bits per heavy atom. The van der Waals surface area contributed by atoms with Gasteiger partial charge in [0.1, 0.15) is 6.61 Å². The number of aliphatic carboxylic acids is 1. The van der Waals surface area contributed by atoms with E-state index in [9.17, 15) is 13.6 Å². The van der Waals surface area contributed by atoms with Gasteiger partial charge in [0.2, 0.25) is 0 Å². The Hall–Kier alpha value is -1.64. The molecule has 0 saturated carbocycles. The van der Waals surface area contributed by atoms with Gasteiger partial charge in [-0.05, 0) is 17.4 Å². The maximum atomic E-state index is 11.8. The van der Waals surface area contributed by atoms with Crippen LogP contribution in [-0.2, 0) is 16.0 Å². The van der Waals surface area contributed by atoms with Crippen molar-refractivity contribution in [3.05, 3.63) is 5.82 Å². The molecule has 1 heterocycles. The normalized spacial score (nSPS) is 12.9. The summed E-state index contributed by atoms with van der Waals surface area (Å²) in [7, 11) is 0. The molecule has 0 aromatic carbocycles. The van der Waals surface area contributed by atoms with E-state index in [-0.39, 0.29) is 19.4 Å². The van der Waals surface area contributed by atoms with Gasteiger partial charge in [-0.15, -0.1) is 5.10 Å². The number of ether oxygens (including phenoxy) is 1. The number of nitrogens with zero attached hydrogens (tertiary/aromatic N) is 4. The van der Waals surface area contributed by atoms with Gasteiger partial charge in [-0.2, -0.15) is 0 Å². The van der Waals surface area contributed by atoms with Crippen LogP contribution in [0.1, 0.15) is 25.2 Å². The SMILES string of the molecule is CC(CC(=O)O)n1nnnc1CCOCC(F)F. The first-order chi connectivity index (χ1) is 8.50. The molecule has 1 aromatic heterocycles. The van der Waals surface area contributed by atoms with E-state index in [4.69, 9.17) is 9.84 Å². The minimum atomic E-state index is -2.51. The molecule has 18 heavy (non-hydrogen) atoms. The minimum Gasteiger partial charge on any atom is -0.481 e. The fraction of sp³-hybridized carbons (Fsp3) is 0.778. The fourth-order valence-electron chi connectivity index (χ4n) is 1.39. The zero-order valence-electron chi connectivity index (χ0n) is 9.79. The van der Waals surface area contributed by atoms with Crippen molar-refractivity contribution in [2.24, 2.45) is 0 Å². The van der Waals surface area contributed by atoms with Crippen molar-refractivity contribution in [2.75, 3.05) is 13.2 Å². The van der Waals surface area contributed by atoms with E-state index in [0.29, 0.717) is 5.82 Å². The summed E-state index contributed by atoms with van der Waals surface area (Å²) in [6, 6.07) is -0.400. The monoisotopic (exact) mass is 264 g/mol. The summed E-state index contributed by atoms with van der Waals surface area (Å²) < 4.78 is 29.7. The Balaban J connectivity index is 2.46. The molecule has 0 aliphatic carbocycles. The molecule has 0 fully saturated rings. The number of halogens is 2. The van der Waals surface area contributed by atoms with Crippen LogP contribution in [0.15, 0.2) is 0 Å². The third kappa shape index (κ3) is 4.70. The van der Waals surface area contributed by atoms with Crippen LogP contribution < -0.4 is 0 Å². The van der Waals surface area contributed by atoms with Crippen molar-refractivity contribution in [3.63, 3.8) is 0 Å². The molecule has 1 atom stereocenters. The second-order valence-electron chi connectivity index (χ2n) is 3.70. The van der Waals surface area contributed by atoms with Gasteiger partial charge in [0.15, 0.2) is 5.82 Å². The fourth-order valence-corrected chi connectivity index (χ4v) is 1.39. The number of hydrogen-bond donors (Lipinski definition) is 1. The van der Waals surface area contributed by atoms with E-state index < -0.39 is 25.0 Å². The summed E-state index contributed by atoms with van der Waals surface area (Å²) in [5.74, 6) is -0.545. The summed E-state index contributed by atoms with van der Waals surface area (Å²) in [6.45, 7) is 1.09. The number of carboxylic acid groups (broad SMARTS) is 1. The molecule has 1 unspecified atom stereocenters. The Labute approximate surface area is 102 Å². The molecule has 0 saturated heterocycles. The van der Waals surface area contributed by atoms with Crippen LogP contribution in [0.3, 0.4) is 0 Å². The molecule has 0 radical (unpaired) electrons. The third-order valence-corrected chi connectivity index (χ3v) is 2.16. The van der Waals surface area contributed by atoms with E-state index in [1.165, 1.54) is 4.68 Å². The topological polar surface area (TPSA) is 90.1 Å². The third-order valence-electron chi connectivity index (χ3n) is 2.16. The molecule has 1 N–H and O–H groups in total. The molecule has 102 valence electrons. The number of alkyl halides is 2. The Bertz CT molecular complexity index is 386. The van der Waals surface area contributed by atoms with Crippen molar-refractivity contribution in [3.8, 4) is 0 Å². The molecule has 1 rings (SSSR count). The molecule has 1 aromatic rings. The lowest BCUT2D eigenvalue weighted by atomic mass is 10.2. The molecular weight excluding hydrogens is 250 g/mol. The minimum absolute atomic E-state index is 0.0600. The maximum Gasteiger partial charge on any atom is 0.305 e. The van der Waals surface area contributed by atoms with Crippen LogP contribution in [0, 0.1) is 0 Å². The number of rotatable bonds is 8. The highest BCUT2D eigenvalue weighted by Gasteiger charge is 2.15. The number of hydrogen-bond acceptors (Lipinski definition) is 5. The standard InChI is InChI=1S/C9H14F2N4O3/c1-6(4-9(16)17)15-8(12-13-14-15)2-3-18-5-7(10)11/h6-7H,2-5H2,1H3,(H,16,17). The first-order valence-electron chi connectivity index (χ1n) is 5.35. The highest BCUT2D eigenvalue weighted by Crippen LogP contribution is 2.10. The van der Waals surface area contributed by atoms with Gasteiger partial charge in [-0.1, -0.05) is 0 Å². The molecule has 7 nitrogen and oxygen atoms in total. The second-order valence-corrected chi connectivity index (χ2v) is 3.70. The zero-order chi connectivity index (χ0) is 13.5. The van der Waals surface area contributed by atoms with Crippen LogP contribution in [0.5, 0.6) is 0 Å². The summed E-state index contributed by atoms with van der Waals surface area (Å²) >= 11 is 0. The average molecular weight is 264 g/mol. The first-order valence-corrected chi connectivity index (χ1v) is 5.35. The molecule has 0 amide bonds. The molecule has 0 bridgehead atoms. The Morgan fingerprint density at radius 3 is 2.89 bits per heavy atom. The summed E-state index contributed by atoms with van der Waals surface area (Å²) in [5, 5.41) is 19.5. The Morgan fingerprint density at radius 2 is 2.28 bits per heavy atom. The molecule has 0 aliphatic rings. The zero-order valence-corrected chi connectivity index (χ0v) is 9.79. The smallest absolute Gasteiger partial charge is 0.305 e. The molecule has 0 aliphatic heterocycles. The lowest BCUT2D eigenvalue weighted by molar-refractivity contribution is -0.137. The average Bonchev–Trinajstić information content (AvgIpc) is 2.71. The highest BCUT2D eigenvalue weighted by atomic mass is 19.3. The van der Waals surface area contributed by atoms with Crippen LogP contribution >= 0.6 is 0 Å². The van der Waals surface area contributed by atoms with E-state index in [0.717, 1.165) is 0 Å². The number of carbonyl (C=O) groups is 1. The predicted octanol–water partition coefficient (Wildman–Crippen LogP) is 0.533. The lowest BCUT2D eigenvalue weighted by Gasteiger charge is -2.10. The van der Waals surface area contributed by atoms with E-state index >= 15 is 0 Å². The van der Waals surface area contributed by atoms with Crippen LogP contribution in [-0.4, -0.2) is 50.9 Å². The number of aromatic nitrogens is 4. The molecule has 0 spiro atoms. The second kappa shape index (κ2) is 6.94. The highest BCUT2D eigenvalue weighted by molar-refractivity contribution is 5.67. The quantitative estimate of drug-likeness (QED) is 0.689. The van der Waals surface area contributed by atoms with Crippen molar-refractivity contribution >= 4 is 5.97 Å². The van der Waals surface area contributed by atoms with Gasteiger partial charge >= 0.3 is 5.97 Å². The van der Waals surface area contributed by atoms with Crippen molar-refractivity contribution in [1.82, 2.24) is 20.2 Å². The van der Waals surface area contributed by atoms with Crippen molar-refractivity contribution < 1.29 is 23.4 Å².